The molecule has 7 nitrogen and oxygen atoms in total. The van der Waals surface area contributed by atoms with E-state index >= 15 is 0 Å². The second-order valence-electron chi connectivity index (χ2n) is 8.10. The Morgan fingerprint density at radius 2 is 1.03 bits per heavy atom. The first-order chi connectivity index (χ1) is 14.9. The summed E-state index contributed by atoms with van der Waals surface area (Å²) in [4.78, 5) is 36.8. The molecule has 0 aliphatic heterocycles. The van der Waals surface area contributed by atoms with E-state index in [1.165, 1.54) is 51.9 Å². The van der Waals surface area contributed by atoms with Crippen molar-refractivity contribution in [1.82, 2.24) is 5.32 Å². The number of carbonyl (C=O) groups excluding carboxylic acids is 3. The molecule has 0 atom stereocenters. The van der Waals surface area contributed by atoms with Gasteiger partial charge in [-0.05, 0) is 33.1 Å². The highest BCUT2D eigenvalue weighted by atomic mass is 79.9. The van der Waals surface area contributed by atoms with Crippen molar-refractivity contribution in [3.8, 4) is 0 Å². The van der Waals surface area contributed by atoms with Crippen LogP contribution in [0.5, 0.6) is 0 Å². The number of hydrogen-bond acceptors (Lipinski definition) is 6. The van der Waals surface area contributed by atoms with Crippen LogP contribution in [0.3, 0.4) is 0 Å². The highest BCUT2D eigenvalue weighted by molar-refractivity contribution is 8.93. The molecule has 32 heavy (non-hydrogen) atoms. The van der Waals surface area contributed by atoms with Crippen molar-refractivity contribution in [1.29, 1.82) is 0 Å². The number of nitrogens with one attached hydrogen (secondary N) is 1. The topological polar surface area (TPSA) is 102 Å². The lowest BCUT2D eigenvalue weighted by atomic mass is 9.91. The minimum atomic E-state index is -1.75. The number of aliphatic hydroxyl groups is 1. The second kappa shape index (κ2) is 21.7. The Bertz CT molecular complexity index is 483. The molecule has 0 aromatic carbocycles. The molecule has 0 rings (SSSR count). The first-order valence-electron chi connectivity index (χ1n) is 12.2. The third kappa shape index (κ3) is 14.8. The van der Waals surface area contributed by atoms with E-state index in [0.29, 0.717) is 13.0 Å². The van der Waals surface area contributed by atoms with Crippen LogP contribution in [-0.2, 0) is 23.9 Å². The van der Waals surface area contributed by atoms with Gasteiger partial charge in [-0.2, -0.15) is 0 Å². The maximum Gasteiger partial charge on any atom is 0.343 e. The van der Waals surface area contributed by atoms with Crippen LogP contribution >= 0.6 is 17.0 Å². The average molecular weight is 525 g/mol. The van der Waals surface area contributed by atoms with Gasteiger partial charge in [0.2, 0.25) is 11.4 Å². The number of unbranched alkanes of at least 4 members (excludes halogenated alkanes) is 12. The number of rotatable bonds is 20. The fourth-order valence-corrected chi connectivity index (χ4v) is 3.71. The van der Waals surface area contributed by atoms with Crippen LogP contribution < -0.4 is 5.32 Å². The fraction of sp³-hybridized carbons (Fsp3) is 0.875. The molecule has 0 bridgehead atoms. The molecule has 1 amide bonds. The van der Waals surface area contributed by atoms with Gasteiger partial charge in [0.1, 0.15) is 0 Å². The Morgan fingerprint density at radius 3 is 1.34 bits per heavy atom. The number of ether oxygens (including phenoxy) is 2. The third-order valence-electron chi connectivity index (χ3n) is 5.35. The number of aliphatic hydroxyl groups excluding tert-OH is 1. The van der Waals surface area contributed by atoms with Gasteiger partial charge in [-0.3, -0.25) is 4.79 Å². The molecule has 0 aromatic heterocycles. The molecule has 0 saturated heterocycles. The Balaban J connectivity index is 0. The smallest absolute Gasteiger partial charge is 0.343 e. The maximum atomic E-state index is 12.5. The Kier molecular flexibility index (Phi) is 22.4. The van der Waals surface area contributed by atoms with E-state index in [1.807, 2.05) is 0 Å². The molecular formula is C24H46BrNO6. The van der Waals surface area contributed by atoms with Gasteiger partial charge >= 0.3 is 11.9 Å². The number of esters is 2. The van der Waals surface area contributed by atoms with E-state index in [0.717, 1.165) is 32.1 Å². The first kappa shape index (κ1) is 33.0. The molecule has 0 saturated carbocycles. The summed E-state index contributed by atoms with van der Waals surface area (Å²) in [6.45, 7) is 5.17. The molecule has 0 heterocycles. The molecule has 0 aliphatic rings. The normalized spacial score (nSPS) is 10.9. The van der Waals surface area contributed by atoms with Crippen LogP contribution in [0, 0.1) is 0 Å². The summed E-state index contributed by atoms with van der Waals surface area (Å²) in [7, 11) is 0. The molecule has 0 radical (unpaired) electrons. The summed E-state index contributed by atoms with van der Waals surface area (Å²) in [5.41, 5.74) is -1.75. The number of halogens is 1. The SMILES string of the molecule is Br.CCOC(=O)C(CCCCCCCCCCCCCCCO)(NC(C)=O)C(=O)OCC. The molecule has 8 heteroatoms. The van der Waals surface area contributed by atoms with Crippen molar-refractivity contribution in [2.24, 2.45) is 0 Å². The van der Waals surface area contributed by atoms with Crippen molar-refractivity contribution in [2.45, 2.75) is 116 Å². The molecule has 0 fully saturated rings. The van der Waals surface area contributed by atoms with Crippen molar-refractivity contribution in [2.75, 3.05) is 19.8 Å². The minimum absolute atomic E-state index is 0. The predicted molar refractivity (Wildman–Crippen MR) is 132 cm³/mol. The van der Waals surface area contributed by atoms with Crippen LogP contribution in [0.2, 0.25) is 0 Å². The van der Waals surface area contributed by atoms with Gasteiger partial charge in [-0.15, -0.1) is 17.0 Å². The molecule has 0 unspecified atom stereocenters. The Hall–Kier alpha value is -1.15. The third-order valence-corrected chi connectivity index (χ3v) is 5.35. The second-order valence-corrected chi connectivity index (χ2v) is 8.10. The monoisotopic (exact) mass is 523 g/mol. The number of carbonyl (C=O) groups is 3. The van der Waals surface area contributed by atoms with Crippen molar-refractivity contribution in [3.05, 3.63) is 0 Å². The van der Waals surface area contributed by atoms with Gasteiger partial charge in [0.25, 0.3) is 0 Å². The van der Waals surface area contributed by atoms with Crippen molar-refractivity contribution in [3.63, 3.8) is 0 Å². The van der Waals surface area contributed by atoms with E-state index in [1.54, 1.807) is 13.8 Å². The Morgan fingerprint density at radius 1 is 0.688 bits per heavy atom. The van der Waals surface area contributed by atoms with E-state index in [9.17, 15) is 14.4 Å². The van der Waals surface area contributed by atoms with Gasteiger partial charge in [0, 0.05) is 13.5 Å². The van der Waals surface area contributed by atoms with Gasteiger partial charge in [0.05, 0.1) is 13.2 Å². The van der Waals surface area contributed by atoms with Gasteiger partial charge < -0.3 is 19.9 Å². The zero-order valence-electron chi connectivity index (χ0n) is 20.4. The summed E-state index contributed by atoms with van der Waals surface area (Å²) in [6, 6.07) is 0. The van der Waals surface area contributed by atoms with E-state index < -0.39 is 23.4 Å². The van der Waals surface area contributed by atoms with Crippen molar-refractivity contribution >= 4 is 34.8 Å². The van der Waals surface area contributed by atoms with Crippen LogP contribution in [0.25, 0.3) is 0 Å². The summed E-state index contributed by atoms with van der Waals surface area (Å²) >= 11 is 0. The zero-order valence-corrected chi connectivity index (χ0v) is 22.1. The van der Waals surface area contributed by atoms with Crippen LogP contribution in [-0.4, -0.2) is 48.3 Å². The number of hydrogen-bond donors (Lipinski definition) is 2. The lowest BCUT2D eigenvalue weighted by Gasteiger charge is -2.29. The standard InChI is InChI=1S/C24H45NO6.BrH/c1-4-30-22(28)24(25-21(3)27,23(29)31-5-2)19-17-15-13-11-9-7-6-8-10-12-14-16-18-20-26;/h26H,4-20H2,1-3H3,(H,25,27);1H. The van der Waals surface area contributed by atoms with E-state index in [-0.39, 0.29) is 36.6 Å². The quantitative estimate of drug-likeness (QED) is 0.132. The molecule has 190 valence electrons. The largest absolute Gasteiger partial charge is 0.464 e. The average Bonchev–Trinajstić information content (AvgIpc) is 2.73. The van der Waals surface area contributed by atoms with Gasteiger partial charge in [0.15, 0.2) is 0 Å². The van der Waals surface area contributed by atoms with Gasteiger partial charge in [-0.1, -0.05) is 70.6 Å². The summed E-state index contributed by atoms with van der Waals surface area (Å²) < 4.78 is 10.2. The highest BCUT2D eigenvalue weighted by Gasteiger charge is 2.49. The molecule has 0 aliphatic carbocycles. The van der Waals surface area contributed by atoms with Crippen molar-refractivity contribution < 1.29 is 29.0 Å². The molecule has 2 N–H and O–H groups in total. The lowest BCUT2D eigenvalue weighted by molar-refractivity contribution is -0.168. The predicted octanol–water partition coefficient (Wildman–Crippen LogP) is 5.02. The zero-order chi connectivity index (χ0) is 23.4. The van der Waals surface area contributed by atoms with E-state index in [2.05, 4.69) is 5.32 Å². The number of amides is 1. The van der Waals surface area contributed by atoms with Gasteiger partial charge in [-0.25, -0.2) is 9.59 Å². The Labute approximate surface area is 205 Å². The summed E-state index contributed by atoms with van der Waals surface area (Å²) in [5.74, 6) is -1.96. The fourth-order valence-electron chi connectivity index (χ4n) is 3.71. The van der Waals surface area contributed by atoms with Crippen LogP contribution in [0.15, 0.2) is 0 Å². The summed E-state index contributed by atoms with van der Waals surface area (Å²) in [6.07, 6.45) is 14.6. The minimum Gasteiger partial charge on any atom is -0.464 e. The molecule has 0 aromatic rings. The summed E-state index contributed by atoms with van der Waals surface area (Å²) in [5, 5.41) is 11.3. The van der Waals surface area contributed by atoms with Crippen LogP contribution in [0.4, 0.5) is 0 Å². The van der Waals surface area contributed by atoms with E-state index in [4.69, 9.17) is 14.6 Å². The molecular weight excluding hydrogens is 478 g/mol. The highest BCUT2D eigenvalue weighted by Crippen LogP contribution is 2.21. The first-order valence-corrected chi connectivity index (χ1v) is 12.2. The maximum absolute atomic E-state index is 12.5. The van der Waals surface area contributed by atoms with Crippen LogP contribution in [0.1, 0.15) is 111 Å². The molecule has 0 spiro atoms. The lowest BCUT2D eigenvalue weighted by Crippen LogP contribution is -2.61.